The molecule has 0 aromatic heterocycles. The number of alkyl halides is 3. The van der Waals surface area contributed by atoms with Gasteiger partial charge >= 0.3 is 18.1 Å². The van der Waals surface area contributed by atoms with Crippen molar-refractivity contribution in [2.75, 3.05) is 14.2 Å². The Morgan fingerprint density at radius 2 is 1.46 bits per heavy atom. The number of primary amides is 1. The summed E-state index contributed by atoms with van der Waals surface area (Å²) in [5.41, 5.74) is 4.12. The summed E-state index contributed by atoms with van der Waals surface area (Å²) in [6, 6.07) is 1.72. The van der Waals surface area contributed by atoms with Crippen LogP contribution in [0.5, 0.6) is 0 Å². The molecule has 0 aliphatic rings. The molecule has 0 radical (unpaired) electrons. The summed E-state index contributed by atoms with van der Waals surface area (Å²) in [6.45, 7) is 1.29. The molecule has 0 fully saturated rings. The van der Waals surface area contributed by atoms with Crippen LogP contribution in [0.1, 0.15) is 22.8 Å². The SMILES string of the molecule is COC(=O)C(C(=O)OC)[C@H](C)[C@@H](NC(=O)c1ccc(C(F)(F)F)cc1)C(N)=O. The van der Waals surface area contributed by atoms with E-state index in [9.17, 15) is 32.3 Å². The third-order valence-corrected chi connectivity index (χ3v) is 4.03. The van der Waals surface area contributed by atoms with E-state index < -0.39 is 53.4 Å². The molecule has 1 rings (SSSR count). The molecule has 2 amide bonds. The topological polar surface area (TPSA) is 125 Å². The van der Waals surface area contributed by atoms with Crippen molar-refractivity contribution >= 4 is 23.8 Å². The van der Waals surface area contributed by atoms with Gasteiger partial charge in [0.25, 0.3) is 5.91 Å². The molecule has 28 heavy (non-hydrogen) atoms. The molecule has 0 saturated heterocycles. The minimum Gasteiger partial charge on any atom is -0.468 e. The van der Waals surface area contributed by atoms with Gasteiger partial charge in [0.2, 0.25) is 5.91 Å². The Hall–Kier alpha value is -3.11. The number of amides is 2. The zero-order valence-electron chi connectivity index (χ0n) is 15.2. The minimum absolute atomic E-state index is 0.181. The normalized spacial score (nSPS) is 13.4. The van der Waals surface area contributed by atoms with Gasteiger partial charge in [0.05, 0.1) is 19.8 Å². The predicted molar refractivity (Wildman–Crippen MR) is 88.6 cm³/mol. The Labute approximate surface area is 158 Å². The Morgan fingerprint density at radius 1 is 1.00 bits per heavy atom. The summed E-state index contributed by atoms with van der Waals surface area (Å²) < 4.78 is 46.8. The van der Waals surface area contributed by atoms with Crippen molar-refractivity contribution < 1.29 is 41.8 Å². The van der Waals surface area contributed by atoms with Crippen molar-refractivity contribution in [3.05, 3.63) is 35.4 Å². The molecule has 0 bridgehead atoms. The molecule has 0 aliphatic carbocycles. The lowest BCUT2D eigenvalue weighted by Gasteiger charge is -2.26. The lowest BCUT2D eigenvalue weighted by Crippen LogP contribution is -2.52. The van der Waals surface area contributed by atoms with E-state index in [2.05, 4.69) is 14.8 Å². The maximum absolute atomic E-state index is 12.6. The molecule has 1 aromatic carbocycles. The van der Waals surface area contributed by atoms with Crippen molar-refractivity contribution in [3.63, 3.8) is 0 Å². The largest absolute Gasteiger partial charge is 0.468 e. The van der Waals surface area contributed by atoms with Gasteiger partial charge in [0.1, 0.15) is 6.04 Å². The highest BCUT2D eigenvalue weighted by Crippen LogP contribution is 2.29. The summed E-state index contributed by atoms with van der Waals surface area (Å²) in [5.74, 6) is -6.71. The van der Waals surface area contributed by atoms with Crippen LogP contribution in [0.15, 0.2) is 24.3 Å². The molecule has 0 saturated carbocycles. The zero-order chi connectivity index (χ0) is 21.6. The van der Waals surface area contributed by atoms with E-state index in [0.29, 0.717) is 12.1 Å². The molecule has 2 atom stereocenters. The predicted octanol–water partition coefficient (Wildman–Crippen LogP) is 0.887. The lowest BCUT2D eigenvalue weighted by molar-refractivity contribution is -0.162. The fourth-order valence-corrected chi connectivity index (χ4v) is 2.47. The first-order valence-electron chi connectivity index (χ1n) is 7.87. The van der Waals surface area contributed by atoms with Crippen LogP contribution in [0.2, 0.25) is 0 Å². The zero-order valence-corrected chi connectivity index (χ0v) is 15.2. The van der Waals surface area contributed by atoms with Gasteiger partial charge in [0, 0.05) is 11.5 Å². The van der Waals surface area contributed by atoms with E-state index in [-0.39, 0.29) is 5.56 Å². The minimum atomic E-state index is -4.58. The van der Waals surface area contributed by atoms with Crippen LogP contribution >= 0.6 is 0 Å². The van der Waals surface area contributed by atoms with Gasteiger partial charge in [-0.1, -0.05) is 6.92 Å². The van der Waals surface area contributed by atoms with E-state index in [0.717, 1.165) is 26.4 Å². The molecular weight excluding hydrogens is 385 g/mol. The lowest BCUT2D eigenvalue weighted by atomic mass is 9.86. The van der Waals surface area contributed by atoms with Gasteiger partial charge in [-0.05, 0) is 24.3 Å². The number of nitrogens with two attached hydrogens (primary N) is 1. The quantitative estimate of drug-likeness (QED) is 0.514. The molecule has 8 nitrogen and oxygen atoms in total. The molecule has 11 heteroatoms. The van der Waals surface area contributed by atoms with Crippen molar-refractivity contribution in [1.82, 2.24) is 5.32 Å². The summed E-state index contributed by atoms with van der Waals surface area (Å²) in [4.78, 5) is 47.8. The standard InChI is InChI=1S/C17H19F3N2O6/c1-8(11(15(25)27-2)16(26)28-3)12(13(21)23)22-14(24)9-4-6-10(7-5-9)17(18,19)20/h4-8,11-12H,1-3H3,(H2,21,23)(H,22,24)/t8-,12+/m0/s1. The first-order chi connectivity index (χ1) is 12.9. The van der Waals surface area contributed by atoms with Crippen LogP contribution < -0.4 is 11.1 Å². The van der Waals surface area contributed by atoms with Gasteiger partial charge < -0.3 is 20.5 Å². The smallest absolute Gasteiger partial charge is 0.416 e. The van der Waals surface area contributed by atoms with E-state index >= 15 is 0 Å². The number of hydrogen-bond acceptors (Lipinski definition) is 6. The third kappa shape index (κ3) is 5.44. The maximum Gasteiger partial charge on any atom is 0.416 e. The van der Waals surface area contributed by atoms with Crippen molar-refractivity contribution in [2.24, 2.45) is 17.6 Å². The Balaban J connectivity index is 3.08. The number of rotatable bonds is 7. The highest BCUT2D eigenvalue weighted by atomic mass is 19.4. The van der Waals surface area contributed by atoms with E-state index in [1.807, 2.05) is 0 Å². The van der Waals surface area contributed by atoms with Crippen molar-refractivity contribution in [3.8, 4) is 0 Å². The number of esters is 2. The van der Waals surface area contributed by atoms with E-state index in [1.54, 1.807) is 0 Å². The van der Waals surface area contributed by atoms with Crippen LogP contribution in [-0.4, -0.2) is 44.0 Å². The van der Waals surface area contributed by atoms with Crippen LogP contribution in [0.4, 0.5) is 13.2 Å². The molecule has 1 aromatic rings. The number of halogens is 3. The van der Waals surface area contributed by atoms with Gasteiger partial charge in [-0.15, -0.1) is 0 Å². The second-order valence-electron chi connectivity index (χ2n) is 5.81. The molecule has 0 heterocycles. The average Bonchev–Trinajstić information content (AvgIpc) is 2.64. The number of carbonyl (C=O) groups is 4. The third-order valence-electron chi connectivity index (χ3n) is 4.03. The van der Waals surface area contributed by atoms with Gasteiger partial charge in [-0.25, -0.2) is 0 Å². The second-order valence-corrected chi connectivity index (χ2v) is 5.81. The number of benzene rings is 1. The van der Waals surface area contributed by atoms with Crippen molar-refractivity contribution in [1.29, 1.82) is 0 Å². The number of hydrogen-bond donors (Lipinski definition) is 2. The van der Waals surface area contributed by atoms with Gasteiger partial charge in [0.15, 0.2) is 5.92 Å². The summed E-state index contributed by atoms with van der Waals surface area (Å²) in [7, 11) is 2.04. The molecular formula is C17H19F3N2O6. The van der Waals surface area contributed by atoms with Gasteiger partial charge in [-0.2, -0.15) is 13.2 Å². The molecule has 0 spiro atoms. The summed E-state index contributed by atoms with van der Waals surface area (Å²) in [6.07, 6.45) is -4.58. The van der Waals surface area contributed by atoms with Crippen LogP contribution in [0.3, 0.4) is 0 Å². The van der Waals surface area contributed by atoms with Crippen LogP contribution in [0, 0.1) is 11.8 Å². The Bertz CT molecular complexity index is 732. The monoisotopic (exact) mass is 404 g/mol. The molecule has 3 N–H and O–H groups in total. The fourth-order valence-electron chi connectivity index (χ4n) is 2.47. The molecule has 154 valence electrons. The number of methoxy groups -OCH3 is 2. The van der Waals surface area contributed by atoms with Crippen LogP contribution in [-0.2, 0) is 30.0 Å². The maximum atomic E-state index is 12.6. The Kier molecular flexibility index (Phi) is 7.53. The number of nitrogens with one attached hydrogen (secondary N) is 1. The highest BCUT2D eigenvalue weighted by molar-refractivity contribution is 5.99. The van der Waals surface area contributed by atoms with Crippen LogP contribution in [0.25, 0.3) is 0 Å². The molecule has 0 aliphatic heterocycles. The number of ether oxygens (including phenoxy) is 2. The highest BCUT2D eigenvalue weighted by Gasteiger charge is 2.41. The Morgan fingerprint density at radius 3 is 1.82 bits per heavy atom. The van der Waals surface area contributed by atoms with Crippen molar-refractivity contribution in [2.45, 2.75) is 19.1 Å². The first kappa shape index (κ1) is 22.9. The average molecular weight is 404 g/mol. The summed E-state index contributed by atoms with van der Waals surface area (Å²) >= 11 is 0. The summed E-state index contributed by atoms with van der Waals surface area (Å²) in [5, 5.41) is 2.22. The van der Waals surface area contributed by atoms with E-state index in [4.69, 9.17) is 5.73 Å². The van der Waals surface area contributed by atoms with E-state index in [1.165, 1.54) is 6.92 Å². The molecule has 0 unspecified atom stereocenters. The second kappa shape index (κ2) is 9.20. The number of carbonyl (C=O) groups excluding carboxylic acids is 4. The fraction of sp³-hybridized carbons (Fsp3) is 0.412. The first-order valence-corrected chi connectivity index (χ1v) is 7.87. The van der Waals surface area contributed by atoms with Gasteiger partial charge in [-0.3, -0.25) is 19.2 Å².